The largest absolute Gasteiger partial charge is 0.354 e. The summed E-state index contributed by atoms with van der Waals surface area (Å²) < 4.78 is 15.0. The standard InChI is InChI=1S/C15H15FN4O2/c1-20-14(8-13(19-20)15(22)17-4-5-21)12-7-9-6-10(16)2-3-11(9)18-12/h2-3,5,7-8,10,18H,4,6H2,1H3,(H,17,22). The van der Waals surface area contributed by atoms with Gasteiger partial charge in [0, 0.05) is 19.2 Å². The molecule has 2 N–H and O–H groups in total. The highest BCUT2D eigenvalue weighted by molar-refractivity contribution is 5.94. The number of carbonyl (C=O) groups is 2. The van der Waals surface area contributed by atoms with Crippen LogP contribution in [0.5, 0.6) is 0 Å². The van der Waals surface area contributed by atoms with Gasteiger partial charge in [-0.2, -0.15) is 5.10 Å². The van der Waals surface area contributed by atoms with Gasteiger partial charge in [-0.3, -0.25) is 9.48 Å². The van der Waals surface area contributed by atoms with E-state index in [4.69, 9.17) is 0 Å². The van der Waals surface area contributed by atoms with Crippen LogP contribution in [0.3, 0.4) is 0 Å². The van der Waals surface area contributed by atoms with Crippen molar-refractivity contribution in [1.29, 1.82) is 0 Å². The van der Waals surface area contributed by atoms with Crippen LogP contribution in [0.2, 0.25) is 0 Å². The summed E-state index contributed by atoms with van der Waals surface area (Å²) in [7, 11) is 1.72. The number of nitrogens with zero attached hydrogens (tertiary/aromatic N) is 2. The lowest BCUT2D eigenvalue weighted by Gasteiger charge is -2.07. The van der Waals surface area contributed by atoms with Gasteiger partial charge in [0.15, 0.2) is 5.69 Å². The Hall–Kier alpha value is -2.70. The molecule has 3 rings (SSSR count). The summed E-state index contributed by atoms with van der Waals surface area (Å²) in [5.74, 6) is -0.408. The minimum atomic E-state index is -0.965. The molecule has 114 valence electrons. The molecule has 0 radical (unpaired) electrons. The third-order valence-electron chi connectivity index (χ3n) is 3.55. The fourth-order valence-corrected chi connectivity index (χ4v) is 2.50. The van der Waals surface area contributed by atoms with E-state index in [1.54, 1.807) is 23.9 Å². The van der Waals surface area contributed by atoms with Gasteiger partial charge >= 0.3 is 0 Å². The van der Waals surface area contributed by atoms with Gasteiger partial charge in [-0.1, -0.05) is 0 Å². The Labute approximate surface area is 126 Å². The van der Waals surface area contributed by atoms with Crippen molar-refractivity contribution in [2.45, 2.75) is 12.6 Å². The highest BCUT2D eigenvalue weighted by Crippen LogP contribution is 2.27. The number of allylic oxidation sites excluding steroid dienone is 1. The molecule has 0 aliphatic heterocycles. The number of rotatable bonds is 4. The molecule has 2 heterocycles. The van der Waals surface area contributed by atoms with Crippen LogP contribution in [0.25, 0.3) is 17.5 Å². The first-order valence-electron chi connectivity index (χ1n) is 6.89. The fourth-order valence-electron chi connectivity index (χ4n) is 2.50. The van der Waals surface area contributed by atoms with Crippen molar-refractivity contribution in [2.75, 3.05) is 6.54 Å². The lowest BCUT2D eigenvalue weighted by molar-refractivity contribution is -0.107. The Balaban J connectivity index is 1.90. The van der Waals surface area contributed by atoms with E-state index in [1.807, 2.05) is 6.07 Å². The van der Waals surface area contributed by atoms with E-state index in [1.165, 1.54) is 6.08 Å². The summed E-state index contributed by atoms with van der Waals surface area (Å²) in [6, 6.07) is 3.50. The van der Waals surface area contributed by atoms with E-state index >= 15 is 0 Å². The minimum Gasteiger partial charge on any atom is -0.354 e. The smallest absolute Gasteiger partial charge is 0.272 e. The Bertz CT molecular complexity index is 760. The van der Waals surface area contributed by atoms with E-state index in [2.05, 4.69) is 15.4 Å². The summed E-state index contributed by atoms with van der Waals surface area (Å²) in [6.45, 7) is -0.0514. The number of aldehydes is 1. The highest BCUT2D eigenvalue weighted by Gasteiger charge is 2.19. The van der Waals surface area contributed by atoms with Crippen LogP contribution in [-0.2, 0) is 18.3 Å². The molecule has 0 fully saturated rings. The zero-order chi connectivity index (χ0) is 15.7. The molecule has 0 saturated heterocycles. The van der Waals surface area contributed by atoms with E-state index < -0.39 is 12.1 Å². The van der Waals surface area contributed by atoms with Crippen molar-refractivity contribution in [3.8, 4) is 11.4 Å². The Morgan fingerprint density at radius 2 is 2.41 bits per heavy atom. The van der Waals surface area contributed by atoms with Gasteiger partial charge in [-0.05, 0) is 29.8 Å². The first-order valence-corrected chi connectivity index (χ1v) is 6.89. The van der Waals surface area contributed by atoms with Crippen LogP contribution >= 0.6 is 0 Å². The number of aryl methyl sites for hydroxylation is 1. The topological polar surface area (TPSA) is 79.8 Å². The molecule has 0 saturated carbocycles. The van der Waals surface area contributed by atoms with Crippen LogP contribution in [0.1, 0.15) is 21.7 Å². The zero-order valence-electron chi connectivity index (χ0n) is 12.0. The number of halogens is 1. The van der Waals surface area contributed by atoms with Crippen molar-refractivity contribution in [1.82, 2.24) is 20.1 Å². The second kappa shape index (κ2) is 5.59. The van der Waals surface area contributed by atoms with Crippen LogP contribution in [-0.4, -0.2) is 39.7 Å². The molecular weight excluding hydrogens is 287 g/mol. The Morgan fingerprint density at radius 3 is 3.18 bits per heavy atom. The molecule has 6 nitrogen and oxygen atoms in total. The number of amides is 1. The summed E-state index contributed by atoms with van der Waals surface area (Å²) in [5.41, 5.74) is 3.49. The van der Waals surface area contributed by atoms with Crippen molar-refractivity contribution in [3.05, 3.63) is 35.2 Å². The summed E-state index contributed by atoms with van der Waals surface area (Å²) in [5, 5.41) is 6.58. The number of hydrogen-bond donors (Lipinski definition) is 2. The molecule has 22 heavy (non-hydrogen) atoms. The number of aromatic amines is 1. The van der Waals surface area contributed by atoms with Crippen LogP contribution in [0.15, 0.2) is 18.2 Å². The lowest BCUT2D eigenvalue weighted by atomic mass is 10.0. The van der Waals surface area contributed by atoms with E-state index in [0.29, 0.717) is 12.7 Å². The number of nitrogens with one attached hydrogen (secondary N) is 2. The van der Waals surface area contributed by atoms with Crippen molar-refractivity contribution in [2.24, 2.45) is 7.05 Å². The molecule has 1 aliphatic rings. The molecule has 1 aliphatic carbocycles. The molecule has 0 aromatic carbocycles. The maximum absolute atomic E-state index is 13.4. The minimum absolute atomic E-state index is 0.0514. The van der Waals surface area contributed by atoms with Gasteiger partial charge < -0.3 is 15.1 Å². The molecule has 2 aromatic rings. The normalized spacial score (nSPS) is 16.4. The average Bonchev–Trinajstić information content (AvgIpc) is 3.07. The second-order valence-corrected chi connectivity index (χ2v) is 5.12. The Morgan fingerprint density at radius 1 is 1.59 bits per heavy atom. The molecule has 7 heteroatoms. The van der Waals surface area contributed by atoms with E-state index in [9.17, 15) is 14.0 Å². The van der Waals surface area contributed by atoms with Gasteiger partial charge in [0.2, 0.25) is 0 Å². The first-order chi connectivity index (χ1) is 10.6. The van der Waals surface area contributed by atoms with Crippen molar-refractivity contribution >= 4 is 18.3 Å². The van der Waals surface area contributed by atoms with Gasteiger partial charge in [0.05, 0.1) is 17.9 Å². The number of aromatic nitrogens is 3. The Kier molecular flexibility index (Phi) is 3.62. The number of alkyl halides is 1. The molecule has 2 aromatic heterocycles. The van der Waals surface area contributed by atoms with Crippen LogP contribution in [0.4, 0.5) is 4.39 Å². The van der Waals surface area contributed by atoms with Gasteiger partial charge in [0.1, 0.15) is 12.5 Å². The van der Waals surface area contributed by atoms with Gasteiger partial charge in [-0.25, -0.2) is 4.39 Å². The number of hydrogen-bond acceptors (Lipinski definition) is 3. The SMILES string of the molecule is Cn1nc(C(=O)NCC=O)cc1-c1cc2c([nH]1)C=CC(F)C2. The summed E-state index contributed by atoms with van der Waals surface area (Å²) >= 11 is 0. The third-order valence-corrected chi connectivity index (χ3v) is 3.55. The fraction of sp³-hybridized carbons (Fsp3) is 0.267. The van der Waals surface area contributed by atoms with Gasteiger partial charge in [-0.15, -0.1) is 0 Å². The zero-order valence-corrected chi connectivity index (χ0v) is 12.0. The molecule has 0 bridgehead atoms. The maximum atomic E-state index is 13.4. The third kappa shape index (κ3) is 2.57. The second-order valence-electron chi connectivity index (χ2n) is 5.12. The molecule has 1 atom stereocenters. The monoisotopic (exact) mass is 302 g/mol. The summed E-state index contributed by atoms with van der Waals surface area (Å²) in [4.78, 5) is 25.3. The van der Waals surface area contributed by atoms with Gasteiger partial charge in [0.25, 0.3) is 5.91 Å². The maximum Gasteiger partial charge on any atom is 0.272 e. The quantitative estimate of drug-likeness (QED) is 0.834. The average molecular weight is 302 g/mol. The first kappa shape index (κ1) is 14.2. The lowest BCUT2D eigenvalue weighted by Crippen LogP contribution is -2.25. The molecule has 1 unspecified atom stereocenters. The predicted octanol–water partition coefficient (Wildman–Crippen LogP) is 1.25. The summed E-state index contributed by atoms with van der Waals surface area (Å²) in [6.07, 6.45) is 3.23. The van der Waals surface area contributed by atoms with Crippen LogP contribution in [0, 0.1) is 0 Å². The van der Waals surface area contributed by atoms with E-state index in [0.717, 1.165) is 22.6 Å². The van der Waals surface area contributed by atoms with Crippen molar-refractivity contribution in [3.63, 3.8) is 0 Å². The highest BCUT2D eigenvalue weighted by atomic mass is 19.1. The van der Waals surface area contributed by atoms with Crippen LogP contribution < -0.4 is 5.32 Å². The van der Waals surface area contributed by atoms with E-state index in [-0.39, 0.29) is 12.2 Å². The number of fused-ring (bicyclic) bond motifs is 1. The van der Waals surface area contributed by atoms with Crippen molar-refractivity contribution < 1.29 is 14.0 Å². The number of H-pyrrole nitrogens is 1. The molecular formula is C15H15FN4O2. The molecule has 1 amide bonds. The number of carbonyl (C=O) groups excluding carboxylic acids is 2. The predicted molar refractivity (Wildman–Crippen MR) is 79.0 cm³/mol. The molecule has 0 spiro atoms.